The first-order chi connectivity index (χ1) is 13.0. The van der Waals surface area contributed by atoms with Crippen molar-refractivity contribution in [2.24, 2.45) is 17.1 Å². The first-order valence-electron chi connectivity index (χ1n) is 9.72. The smallest absolute Gasteiger partial charge is 0.106 e. The fourth-order valence-electron chi connectivity index (χ4n) is 3.34. The Morgan fingerprint density at radius 2 is 1.44 bits per heavy atom. The third-order valence-electron chi connectivity index (χ3n) is 4.79. The molecular formula is C24H38N2O. The molecule has 0 heterocycles. The summed E-state index contributed by atoms with van der Waals surface area (Å²) in [6.07, 6.45) is 1.25. The number of hydrogen-bond acceptors (Lipinski definition) is 3. The number of carbonyl (C=O) groups is 1. The second-order valence-electron chi connectivity index (χ2n) is 7.27. The van der Waals surface area contributed by atoms with Gasteiger partial charge in [-0.2, -0.15) is 0 Å². The molecule has 2 aromatic rings. The van der Waals surface area contributed by atoms with E-state index in [-0.39, 0.29) is 0 Å². The monoisotopic (exact) mass is 370 g/mol. The van der Waals surface area contributed by atoms with Crippen LogP contribution in [0, 0.1) is 18.3 Å². The van der Waals surface area contributed by atoms with Crippen molar-refractivity contribution in [3.05, 3.63) is 65.7 Å². The molecule has 1 saturated carbocycles. The highest BCUT2D eigenvalue weighted by Gasteiger charge is 2.57. The zero-order valence-electron chi connectivity index (χ0n) is 18.0. The van der Waals surface area contributed by atoms with Crippen LogP contribution in [0.5, 0.6) is 0 Å². The molecule has 0 spiro atoms. The number of benzene rings is 2. The maximum atomic E-state index is 8.00. The van der Waals surface area contributed by atoms with Crippen LogP contribution >= 0.6 is 0 Å². The number of nitrogens with two attached hydrogens (primary N) is 1. The van der Waals surface area contributed by atoms with Crippen LogP contribution in [0.25, 0.3) is 0 Å². The van der Waals surface area contributed by atoms with Gasteiger partial charge in [0.2, 0.25) is 0 Å². The fourth-order valence-corrected chi connectivity index (χ4v) is 3.34. The van der Waals surface area contributed by atoms with Crippen molar-refractivity contribution in [1.29, 1.82) is 0 Å². The fraction of sp³-hybridized carbons (Fsp3) is 0.458. The average Bonchev–Trinajstić information content (AvgIpc) is 3.26. The van der Waals surface area contributed by atoms with Gasteiger partial charge in [0, 0.05) is 12.2 Å². The third kappa shape index (κ3) is 7.56. The predicted molar refractivity (Wildman–Crippen MR) is 119 cm³/mol. The van der Waals surface area contributed by atoms with Gasteiger partial charge in [0.15, 0.2) is 0 Å². The number of para-hydroxylation sites is 1. The van der Waals surface area contributed by atoms with E-state index in [1.807, 2.05) is 6.79 Å². The van der Waals surface area contributed by atoms with E-state index in [0.717, 1.165) is 6.54 Å². The van der Waals surface area contributed by atoms with Crippen LogP contribution in [0.3, 0.4) is 0 Å². The van der Waals surface area contributed by atoms with Crippen LogP contribution in [0.15, 0.2) is 54.6 Å². The summed E-state index contributed by atoms with van der Waals surface area (Å²) in [4.78, 5) is 8.00. The Hall–Kier alpha value is -2.13. The van der Waals surface area contributed by atoms with Crippen molar-refractivity contribution in [2.75, 3.05) is 18.9 Å². The lowest BCUT2D eigenvalue weighted by Crippen LogP contribution is -2.06. The average molecular weight is 371 g/mol. The first kappa shape index (κ1) is 24.9. The molecule has 0 aromatic heterocycles. The lowest BCUT2D eigenvalue weighted by Gasteiger charge is -2.06. The Balaban J connectivity index is 0.000000860. The number of nitrogens with one attached hydrogen (secondary N) is 1. The minimum absolute atomic E-state index is 0.400. The Morgan fingerprint density at radius 1 is 0.963 bits per heavy atom. The topological polar surface area (TPSA) is 55.1 Å². The van der Waals surface area contributed by atoms with E-state index < -0.39 is 0 Å². The van der Waals surface area contributed by atoms with E-state index in [2.05, 4.69) is 100 Å². The molecule has 3 rings (SSSR count). The SMILES string of the molecule is C=O.CCC.CN.Cc1ccc(C2C(CNc3ccccc3)C2(C)C)cc1. The first-order valence-corrected chi connectivity index (χ1v) is 9.72. The van der Waals surface area contributed by atoms with Crippen LogP contribution in [0.1, 0.15) is 51.2 Å². The Morgan fingerprint density at radius 3 is 1.93 bits per heavy atom. The largest absolute Gasteiger partial charge is 0.385 e. The summed E-state index contributed by atoms with van der Waals surface area (Å²) in [5, 5.41) is 3.57. The molecule has 0 radical (unpaired) electrons. The predicted octanol–water partition coefficient (Wildman–Crippen LogP) is 5.65. The van der Waals surface area contributed by atoms with Gasteiger partial charge in [0.25, 0.3) is 0 Å². The van der Waals surface area contributed by atoms with Crippen LogP contribution in [-0.2, 0) is 4.79 Å². The van der Waals surface area contributed by atoms with Gasteiger partial charge in [-0.25, -0.2) is 0 Å². The molecule has 3 N–H and O–H groups in total. The molecule has 1 aliphatic carbocycles. The minimum Gasteiger partial charge on any atom is -0.385 e. The molecule has 1 fully saturated rings. The van der Waals surface area contributed by atoms with Crippen molar-refractivity contribution in [3.63, 3.8) is 0 Å². The van der Waals surface area contributed by atoms with Gasteiger partial charge in [-0.1, -0.05) is 82.1 Å². The van der Waals surface area contributed by atoms with Crippen molar-refractivity contribution >= 4 is 12.5 Å². The second kappa shape index (κ2) is 13.1. The van der Waals surface area contributed by atoms with Crippen molar-refractivity contribution < 1.29 is 4.79 Å². The maximum Gasteiger partial charge on any atom is 0.106 e. The van der Waals surface area contributed by atoms with Gasteiger partial charge in [0.05, 0.1) is 0 Å². The normalized spacial score (nSPS) is 18.3. The number of aryl methyl sites for hydroxylation is 1. The van der Waals surface area contributed by atoms with Gasteiger partial charge in [-0.05, 0) is 48.9 Å². The Bertz CT molecular complexity index is 608. The Labute approximate surface area is 166 Å². The Kier molecular flexibility index (Phi) is 12.1. The molecule has 0 bridgehead atoms. The van der Waals surface area contributed by atoms with E-state index >= 15 is 0 Å². The van der Waals surface area contributed by atoms with E-state index in [9.17, 15) is 0 Å². The van der Waals surface area contributed by atoms with Gasteiger partial charge in [-0.3, -0.25) is 0 Å². The van der Waals surface area contributed by atoms with Crippen molar-refractivity contribution in [3.8, 4) is 0 Å². The summed E-state index contributed by atoms with van der Waals surface area (Å²) in [5.41, 5.74) is 8.95. The molecule has 0 amide bonds. The molecule has 0 aliphatic heterocycles. The number of rotatable bonds is 4. The summed E-state index contributed by atoms with van der Waals surface area (Å²) in [7, 11) is 1.50. The summed E-state index contributed by atoms with van der Waals surface area (Å²) >= 11 is 0. The van der Waals surface area contributed by atoms with Gasteiger partial charge in [-0.15, -0.1) is 0 Å². The van der Waals surface area contributed by atoms with E-state index in [0.29, 0.717) is 17.3 Å². The van der Waals surface area contributed by atoms with Crippen LogP contribution < -0.4 is 11.1 Å². The molecule has 1 aliphatic rings. The number of carbonyl (C=O) groups excluding carboxylic acids is 1. The summed E-state index contributed by atoms with van der Waals surface area (Å²) < 4.78 is 0. The van der Waals surface area contributed by atoms with Crippen LogP contribution in [-0.4, -0.2) is 20.4 Å². The highest BCUT2D eigenvalue weighted by Crippen LogP contribution is 2.64. The van der Waals surface area contributed by atoms with E-state index in [1.165, 1.54) is 30.3 Å². The zero-order chi connectivity index (χ0) is 20.9. The third-order valence-corrected chi connectivity index (χ3v) is 4.79. The zero-order valence-corrected chi connectivity index (χ0v) is 18.0. The van der Waals surface area contributed by atoms with E-state index in [1.54, 1.807) is 0 Å². The van der Waals surface area contributed by atoms with Gasteiger partial charge in [0.1, 0.15) is 6.79 Å². The number of hydrogen-bond donors (Lipinski definition) is 2. The highest BCUT2D eigenvalue weighted by atomic mass is 16.1. The van der Waals surface area contributed by atoms with Crippen molar-refractivity contribution in [2.45, 2.75) is 47.0 Å². The highest BCUT2D eigenvalue weighted by molar-refractivity contribution is 5.44. The lowest BCUT2D eigenvalue weighted by molar-refractivity contribution is -0.0979. The molecular weight excluding hydrogens is 332 g/mol. The molecule has 3 heteroatoms. The van der Waals surface area contributed by atoms with Crippen LogP contribution in [0.4, 0.5) is 5.69 Å². The summed E-state index contributed by atoms with van der Waals surface area (Å²) in [6, 6.07) is 19.5. The second-order valence-corrected chi connectivity index (χ2v) is 7.27. The van der Waals surface area contributed by atoms with Gasteiger partial charge >= 0.3 is 0 Å². The van der Waals surface area contributed by atoms with Crippen molar-refractivity contribution in [1.82, 2.24) is 0 Å². The molecule has 2 atom stereocenters. The standard InChI is InChI=1S/C19H23N.C3H8.CH5N.CH2O/c1-14-9-11-15(12-10-14)18-17(19(18,2)3)13-20-16-7-5-4-6-8-16;1-3-2;2*1-2/h4-12,17-18,20H,13H2,1-3H3;3H2,1-2H3;2H2,1H3;1H2. The molecule has 2 aromatic carbocycles. The lowest BCUT2D eigenvalue weighted by atomic mass is 10.0. The molecule has 2 unspecified atom stereocenters. The maximum absolute atomic E-state index is 8.00. The minimum atomic E-state index is 0.400. The summed E-state index contributed by atoms with van der Waals surface area (Å²) in [5.74, 6) is 1.39. The molecule has 0 saturated heterocycles. The summed E-state index contributed by atoms with van der Waals surface area (Å²) in [6.45, 7) is 14.2. The van der Waals surface area contributed by atoms with E-state index in [4.69, 9.17) is 4.79 Å². The quantitative estimate of drug-likeness (QED) is 0.731. The molecule has 150 valence electrons. The molecule has 27 heavy (non-hydrogen) atoms. The van der Waals surface area contributed by atoms with Gasteiger partial charge < -0.3 is 15.8 Å². The van der Waals surface area contributed by atoms with Crippen LogP contribution in [0.2, 0.25) is 0 Å². The molecule has 3 nitrogen and oxygen atoms in total. The number of anilines is 1.